The topological polar surface area (TPSA) is 75.9 Å². The van der Waals surface area contributed by atoms with Crippen LogP contribution in [0, 0.1) is 18.7 Å². The Morgan fingerprint density at radius 1 is 1.14 bits per heavy atom. The standard InChI is InChI=1S/C35H39FN4O3/c1-6-22(3)28-11-9-8-10-24(28)14-16-37-34(41)30-18-26(7-2)40-33(23(30)4)20-32(38-40)29-13-12-27(19-31(29)36)39-17-15-25(21-39)35(42)43-5/h6,8-13,18-20,25H,7,14-17,21H2,1-5H3,(H,37,41)/b22-6-/t25-/m0/s1. The lowest BCUT2D eigenvalue weighted by Gasteiger charge is -2.18. The third-order valence-corrected chi connectivity index (χ3v) is 8.56. The van der Waals surface area contributed by atoms with Crippen LogP contribution in [0.4, 0.5) is 10.1 Å². The van der Waals surface area contributed by atoms with Gasteiger partial charge >= 0.3 is 5.97 Å². The van der Waals surface area contributed by atoms with Gasteiger partial charge in [-0.25, -0.2) is 8.91 Å². The summed E-state index contributed by atoms with van der Waals surface area (Å²) in [4.78, 5) is 27.3. The van der Waals surface area contributed by atoms with E-state index in [2.05, 4.69) is 30.4 Å². The molecule has 3 heterocycles. The van der Waals surface area contributed by atoms with E-state index in [1.54, 1.807) is 6.07 Å². The van der Waals surface area contributed by atoms with Gasteiger partial charge in [-0.1, -0.05) is 37.3 Å². The van der Waals surface area contributed by atoms with Crippen LogP contribution in [-0.2, 0) is 22.4 Å². The smallest absolute Gasteiger partial charge is 0.310 e. The number of amides is 1. The van der Waals surface area contributed by atoms with Crippen molar-refractivity contribution >= 4 is 28.7 Å². The van der Waals surface area contributed by atoms with E-state index in [0.717, 1.165) is 28.9 Å². The van der Waals surface area contributed by atoms with Gasteiger partial charge in [0, 0.05) is 42.1 Å². The molecule has 0 bridgehead atoms. The van der Waals surface area contributed by atoms with E-state index in [1.807, 2.05) is 60.5 Å². The summed E-state index contributed by atoms with van der Waals surface area (Å²) in [5, 5.41) is 7.85. The molecule has 0 unspecified atom stereocenters. The highest BCUT2D eigenvalue weighted by molar-refractivity contribution is 5.97. The Balaban J connectivity index is 1.36. The van der Waals surface area contributed by atoms with Gasteiger partial charge < -0.3 is 15.0 Å². The second kappa shape index (κ2) is 12.8. The predicted octanol–water partition coefficient (Wildman–Crippen LogP) is 6.41. The number of halogens is 1. The van der Waals surface area contributed by atoms with Gasteiger partial charge in [0.25, 0.3) is 5.91 Å². The molecule has 2 aromatic heterocycles. The van der Waals surface area contributed by atoms with Gasteiger partial charge in [-0.3, -0.25) is 9.59 Å². The fourth-order valence-corrected chi connectivity index (χ4v) is 5.91. The maximum Gasteiger partial charge on any atom is 0.310 e. The van der Waals surface area contributed by atoms with Crippen LogP contribution in [-0.4, -0.2) is 48.2 Å². The maximum absolute atomic E-state index is 15.5. The van der Waals surface area contributed by atoms with Crippen molar-refractivity contribution in [1.82, 2.24) is 14.9 Å². The Morgan fingerprint density at radius 3 is 2.65 bits per heavy atom. The number of hydrogen-bond acceptors (Lipinski definition) is 5. The number of benzene rings is 2. The van der Waals surface area contributed by atoms with Crippen LogP contribution in [0.2, 0.25) is 0 Å². The molecule has 1 saturated heterocycles. The van der Waals surface area contributed by atoms with Crippen LogP contribution < -0.4 is 10.2 Å². The van der Waals surface area contributed by atoms with Gasteiger partial charge in [-0.05, 0) is 92.6 Å². The zero-order valence-electron chi connectivity index (χ0n) is 25.5. The number of methoxy groups -OCH3 is 1. The summed E-state index contributed by atoms with van der Waals surface area (Å²) in [5.41, 5.74) is 8.25. The molecule has 224 valence electrons. The lowest BCUT2D eigenvalue weighted by atomic mass is 9.98. The normalized spacial score (nSPS) is 15.3. The van der Waals surface area contributed by atoms with Crippen molar-refractivity contribution in [3.05, 3.63) is 94.4 Å². The zero-order valence-corrected chi connectivity index (χ0v) is 25.5. The molecule has 4 aromatic rings. The summed E-state index contributed by atoms with van der Waals surface area (Å²) in [5.74, 6) is -0.955. The quantitative estimate of drug-likeness (QED) is 0.231. The number of hydrogen-bond donors (Lipinski definition) is 1. The van der Waals surface area contributed by atoms with Crippen molar-refractivity contribution in [2.45, 2.75) is 47.0 Å². The SMILES string of the molecule is C/C=C(/C)c1ccccc1CCNC(=O)c1cc(CC)n2nc(-c3ccc(N4CC[C@H](C(=O)OC)C4)cc3F)cc2c1C. The molecule has 2 aromatic carbocycles. The second-order valence-electron chi connectivity index (χ2n) is 11.1. The summed E-state index contributed by atoms with van der Waals surface area (Å²) < 4.78 is 22.2. The van der Waals surface area contributed by atoms with Crippen molar-refractivity contribution in [3.63, 3.8) is 0 Å². The molecular formula is C35H39FN4O3. The highest BCUT2D eigenvalue weighted by atomic mass is 19.1. The van der Waals surface area contributed by atoms with Crippen LogP contribution in [0.5, 0.6) is 0 Å². The molecule has 43 heavy (non-hydrogen) atoms. The minimum Gasteiger partial charge on any atom is -0.469 e. The number of aromatic nitrogens is 2. The summed E-state index contributed by atoms with van der Waals surface area (Å²) in [6.07, 6.45) is 4.16. The van der Waals surface area contributed by atoms with Gasteiger partial charge in [-0.15, -0.1) is 0 Å². The molecule has 8 heteroatoms. The molecule has 0 spiro atoms. The fourth-order valence-electron chi connectivity index (χ4n) is 5.91. The van der Waals surface area contributed by atoms with E-state index in [1.165, 1.54) is 29.9 Å². The molecule has 1 fully saturated rings. The Bertz CT molecular complexity index is 1710. The molecule has 1 aliphatic rings. The summed E-state index contributed by atoms with van der Waals surface area (Å²) in [6, 6.07) is 17.1. The molecule has 1 atom stereocenters. The third-order valence-electron chi connectivity index (χ3n) is 8.56. The van der Waals surface area contributed by atoms with Crippen LogP contribution in [0.1, 0.15) is 59.9 Å². The van der Waals surface area contributed by atoms with Crippen molar-refractivity contribution in [3.8, 4) is 11.3 Å². The first-order chi connectivity index (χ1) is 20.7. The lowest BCUT2D eigenvalue weighted by molar-refractivity contribution is -0.144. The van der Waals surface area contributed by atoms with Crippen molar-refractivity contribution < 1.29 is 18.7 Å². The van der Waals surface area contributed by atoms with Gasteiger partial charge in [0.1, 0.15) is 5.82 Å². The number of carbonyl (C=O) groups excluding carboxylic acids is 2. The molecular weight excluding hydrogens is 543 g/mol. The summed E-state index contributed by atoms with van der Waals surface area (Å²) in [7, 11) is 1.39. The largest absolute Gasteiger partial charge is 0.469 e. The molecule has 0 saturated carbocycles. The highest BCUT2D eigenvalue weighted by Crippen LogP contribution is 2.31. The molecule has 1 aliphatic heterocycles. The van der Waals surface area contributed by atoms with Crippen molar-refractivity contribution in [2.75, 3.05) is 31.6 Å². The van der Waals surface area contributed by atoms with Crippen LogP contribution in [0.15, 0.2) is 60.7 Å². The monoisotopic (exact) mass is 582 g/mol. The number of pyridine rings is 1. The predicted molar refractivity (Wildman–Crippen MR) is 169 cm³/mol. The molecule has 5 rings (SSSR count). The highest BCUT2D eigenvalue weighted by Gasteiger charge is 2.29. The van der Waals surface area contributed by atoms with Gasteiger partial charge in [0.05, 0.1) is 24.2 Å². The van der Waals surface area contributed by atoms with Crippen molar-refractivity contribution in [2.24, 2.45) is 5.92 Å². The van der Waals surface area contributed by atoms with E-state index in [9.17, 15) is 9.59 Å². The number of esters is 1. The van der Waals surface area contributed by atoms with Gasteiger partial charge in [-0.2, -0.15) is 5.10 Å². The Kier molecular flexibility index (Phi) is 8.94. The summed E-state index contributed by atoms with van der Waals surface area (Å²) >= 11 is 0. The number of rotatable bonds is 9. The van der Waals surface area contributed by atoms with E-state index in [-0.39, 0.29) is 23.6 Å². The first-order valence-electron chi connectivity index (χ1n) is 14.9. The average Bonchev–Trinajstić information content (AvgIpc) is 3.70. The third kappa shape index (κ3) is 6.05. The number of nitrogens with zero attached hydrogens (tertiary/aromatic N) is 3. The van der Waals surface area contributed by atoms with E-state index >= 15 is 4.39 Å². The van der Waals surface area contributed by atoms with Crippen LogP contribution in [0.25, 0.3) is 22.3 Å². The van der Waals surface area contributed by atoms with E-state index < -0.39 is 0 Å². The second-order valence-corrected chi connectivity index (χ2v) is 11.1. The van der Waals surface area contributed by atoms with Crippen molar-refractivity contribution in [1.29, 1.82) is 0 Å². The molecule has 0 aliphatic carbocycles. The van der Waals surface area contributed by atoms with E-state index in [4.69, 9.17) is 9.84 Å². The zero-order chi connectivity index (χ0) is 30.7. The first kappa shape index (κ1) is 30.0. The molecule has 7 nitrogen and oxygen atoms in total. The molecule has 0 radical (unpaired) electrons. The molecule has 1 amide bonds. The number of fused-ring (bicyclic) bond motifs is 1. The van der Waals surface area contributed by atoms with Crippen LogP contribution >= 0.6 is 0 Å². The number of ether oxygens (including phenoxy) is 1. The minimum atomic E-state index is -0.385. The summed E-state index contributed by atoms with van der Waals surface area (Å²) in [6.45, 7) is 9.73. The van der Waals surface area contributed by atoms with Gasteiger partial charge in [0.2, 0.25) is 0 Å². The fraction of sp³-hybridized carbons (Fsp3) is 0.343. The lowest BCUT2D eigenvalue weighted by Crippen LogP contribution is -2.27. The number of aryl methyl sites for hydroxylation is 2. The number of allylic oxidation sites excluding steroid dienone is 2. The number of nitrogens with one attached hydrogen (secondary N) is 1. The average molecular weight is 583 g/mol. The number of carbonyl (C=O) groups is 2. The Labute approximate surface area is 252 Å². The minimum absolute atomic E-state index is 0.135. The van der Waals surface area contributed by atoms with E-state index in [0.29, 0.717) is 49.3 Å². The Morgan fingerprint density at radius 2 is 1.93 bits per heavy atom. The van der Waals surface area contributed by atoms with Gasteiger partial charge in [0.15, 0.2) is 0 Å². The first-order valence-corrected chi connectivity index (χ1v) is 14.9. The number of anilines is 1. The molecule has 1 N–H and O–H groups in total. The van der Waals surface area contributed by atoms with Crippen LogP contribution in [0.3, 0.4) is 0 Å². The maximum atomic E-state index is 15.5. The Hall–Kier alpha value is -4.46.